The van der Waals surface area contributed by atoms with Crippen LogP contribution in [0.3, 0.4) is 0 Å². The van der Waals surface area contributed by atoms with Gasteiger partial charge in [-0.05, 0) is 73.8 Å². The van der Waals surface area contributed by atoms with Gasteiger partial charge in [0, 0.05) is 21.8 Å². The van der Waals surface area contributed by atoms with E-state index in [9.17, 15) is 0 Å². The molecule has 8 aromatic rings. The zero-order valence-corrected chi connectivity index (χ0v) is 21.2. The fraction of sp³-hybridized carbons (Fsp3) is 0. The molecule has 7 aromatic carbocycles. The minimum atomic E-state index is 1.18. The van der Waals surface area contributed by atoms with Crippen LogP contribution in [-0.4, -0.2) is 4.57 Å². The molecule has 0 spiro atoms. The Kier molecular flexibility index (Phi) is 4.11. The standard InChI is InChI=1S/C38H23N/c1-2-13-29-24(8-1)18-21-34-31-14-3-4-17-36(31)39(38(29)34)28-12-5-11-26(22-28)27-19-20-30-32-15-6-9-25-10-7-16-33(37(25)32)35(30)23-27/h1-23H. The quantitative estimate of drug-likeness (QED) is 0.226. The van der Waals surface area contributed by atoms with Gasteiger partial charge in [0.1, 0.15) is 0 Å². The first kappa shape index (κ1) is 20.9. The maximum Gasteiger partial charge on any atom is 0.0619 e. The summed E-state index contributed by atoms with van der Waals surface area (Å²) in [6.45, 7) is 0. The van der Waals surface area contributed by atoms with Crippen molar-refractivity contribution in [2.24, 2.45) is 0 Å². The maximum absolute atomic E-state index is 2.44. The molecule has 0 atom stereocenters. The molecule has 1 heteroatoms. The highest BCUT2D eigenvalue weighted by Gasteiger charge is 2.21. The molecule has 1 aliphatic rings. The lowest BCUT2D eigenvalue weighted by Crippen LogP contribution is -1.95. The first-order valence-corrected chi connectivity index (χ1v) is 13.5. The lowest BCUT2D eigenvalue weighted by atomic mass is 9.97. The van der Waals surface area contributed by atoms with Crippen molar-refractivity contribution >= 4 is 43.4 Å². The van der Waals surface area contributed by atoms with Crippen LogP contribution in [0.5, 0.6) is 0 Å². The first-order valence-electron chi connectivity index (χ1n) is 13.5. The van der Waals surface area contributed by atoms with Gasteiger partial charge in [-0.1, -0.05) is 115 Å². The zero-order chi connectivity index (χ0) is 25.5. The largest absolute Gasteiger partial charge is 0.309 e. The second-order valence-electron chi connectivity index (χ2n) is 10.6. The summed E-state index contributed by atoms with van der Waals surface area (Å²) in [5.41, 5.74) is 11.5. The molecule has 0 unspecified atom stereocenters. The van der Waals surface area contributed by atoms with E-state index in [1.54, 1.807) is 0 Å². The Hall–Kier alpha value is -5.14. The SMILES string of the molecule is c1cc(-c2ccc3c(c2)-c2cccc4cccc-3c24)cc(-n2c3ccccc3c3ccc4ccccc4c32)c1. The van der Waals surface area contributed by atoms with Crippen molar-refractivity contribution in [3.63, 3.8) is 0 Å². The average Bonchev–Trinajstić information content (AvgIpc) is 3.52. The summed E-state index contributed by atoms with van der Waals surface area (Å²) >= 11 is 0. The Bertz CT molecular complexity index is 2280. The van der Waals surface area contributed by atoms with Crippen molar-refractivity contribution in [1.82, 2.24) is 4.57 Å². The monoisotopic (exact) mass is 493 g/mol. The Labute approximate surface area is 226 Å². The van der Waals surface area contributed by atoms with Crippen molar-refractivity contribution in [3.05, 3.63) is 140 Å². The van der Waals surface area contributed by atoms with Crippen molar-refractivity contribution < 1.29 is 0 Å². The molecule has 1 aliphatic carbocycles. The Morgan fingerprint density at radius 2 is 1.10 bits per heavy atom. The van der Waals surface area contributed by atoms with Crippen LogP contribution in [0.25, 0.3) is 82.4 Å². The minimum Gasteiger partial charge on any atom is -0.309 e. The van der Waals surface area contributed by atoms with Crippen LogP contribution in [0.15, 0.2) is 140 Å². The molecule has 0 bridgehead atoms. The van der Waals surface area contributed by atoms with Crippen LogP contribution in [0, 0.1) is 0 Å². The maximum atomic E-state index is 2.44. The molecule has 9 rings (SSSR count). The zero-order valence-electron chi connectivity index (χ0n) is 21.2. The van der Waals surface area contributed by atoms with Gasteiger partial charge >= 0.3 is 0 Å². The van der Waals surface area contributed by atoms with E-state index in [4.69, 9.17) is 0 Å². The summed E-state index contributed by atoms with van der Waals surface area (Å²) in [7, 11) is 0. The minimum absolute atomic E-state index is 1.18. The van der Waals surface area contributed by atoms with Gasteiger partial charge in [-0.25, -0.2) is 0 Å². The molecule has 1 aromatic heterocycles. The molecule has 1 heterocycles. The topological polar surface area (TPSA) is 4.93 Å². The molecule has 1 nitrogen and oxygen atoms in total. The van der Waals surface area contributed by atoms with Crippen LogP contribution in [0.1, 0.15) is 0 Å². The number of fused-ring (bicyclic) bond motifs is 8. The van der Waals surface area contributed by atoms with Crippen molar-refractivity contribution in [2.45, 2.75) is 0 Å². The molecule has 39 heavy (non-hydrogen) atoms. The highest BCUT2D eigenvalue weighted by molar-refractivity contribution is 6.19. The van der Waals surface area contributed by atoms with Gasteiger partial charge < -0.3 is 4.57 Å². The second-order valence-corrected chi connectivity index (χ2v) is 10.6. The number of rotatable bonds is 2. The molecule has 0 saturated carbocycles. The fourth-order valence-corrected chi connectivity index (χ4v) is 6.79. The van der Waals surface area contributed by atoms with E-state index in [0.717, 1.165) is 0 Å². The highest BCUT2D eigenvalue weighted by atomic mass is 15.0. The normalized spacial score (nSPS) is 12.1. The molecule has 0 amide bonds. The molecular formula is C38H23N. The smallest absolute Gasteiger partial charge is 0.0619 e. The summed E-state index contributed by atoms with van der Waals surface area (Å²) in [6.07, 6.45) is 0. The van der Waals surface area contributed by atoms with E-state index in [1.165, 1.54) is 82.4 Å². The average molecular weight is 494 g/mol. The summed E-state index contributed by atoms with van der Waals surface area (Å²) < 4.78 is 2.44. The van der Waals surface area contributed by atoms with Crippen molar-refractivity contribution in [3.8, 4) is 39.1 Å². The van der Waals surface area contributed by atoms with Gasteiger partial charge in [0.05, 0.1) is 11.0 Å². The molecule has 0 aliphatic heterocycles. The molecular weight excluding hydrogens is 470 g/mol. The van der Waals surface area contributed by atoms with Gasteiger partial charge in [-0.3, -0.25) is 0 Å². The third kappa shape index (κ3) is 2.85. The van der Waals surface area contributed by atoms with E-state index in [1.807, 2.05) is 0 Å². The predicted octanol–water partition coefficient (Wildman–Crippen LogP) is 10.4. The van der Waals surface area contributed by atoms with E-state index in [2.05, 4.69) is 144 Å². The first-order chi connectivity index (χ1) is 19.3. The van der Waals surface area contributed by atoms with Crippen molar-refractivity contribution in [2.75, 3.05) is 0 Å². The number of aromatic nitrogens is 1. The molecule has 0 radical (unpaired) electrons. The van der Waals surface area contributed by atoms with Crippen LogP contribution in [0.4, 0.5) is 0 Å². The number of benzene rings is 7. The molecule has 0 N–H and O–H groups in total. The van der Waals surface area contributed by atoms with Crippen LogP contribution >= 0.6 is 0 Å². The van der Waals surface area contributed by atoms with E-state index in [-0.39, 0.29) is 0 Å². The summed E-state index contributed by atoms with van der Waals surface area (Å²) in [6, 6.07) is 51.3. The highest BCUT2D eigenvalue weighted by Crippen LogP contribution is 2.48. The number of nitrogens with zero attached hydrogens (tertiary/aromatic N) is 1. The lowest BCUT2D eigenvalue weighted by molar-refractivity contribution is 1.19. The number of hydrogen-bond donors (Lipinski definition) is 0. The Morgan fingerprint density at radius 3 is 2.00 bits per heavy atom. The molecule has 0 fully saturated rings. The summed E-state index contributed by atoms with van der Waals surface area (Å²) in [4.78, 5) is 0. The van der Waals surface area contributed by atoms with Crippen LogP contribution in [-0.2, 0) is 0 Å². The van der Waals surface area contributed by atoms with Gasteiger partial charge in [-0.2, -0.15) is 0 Å². The Balaban J connectivity index is 1.28. The van der Waals surface area contributed by atoms with Gasteiger partial charge in [0.15, 0.2) is 0 Å². The third-order valence-corrected chi connectivity index (χ3v) is 8.50. The second kappa shape index (κ2) is 7.69. The van der Waals surface area contributed by atoms with Crippen molar-refractivity contribution in [1.29, 1.82) is 0 Å². The van der Waals surface area contributed by atoms with E-state index < -0.39 is 0 Å². The fourth-order valence-electron chi connectivity index (χ4n) is 6.79. The van der Waals surface area contributed by atoms with Gasteiger partial charge in [0.2, 0.25) is 0 Å². The molecule has 180 valence electrons. The van der Waals surface area contributed by atoms with Crippen LogP contribution < -0.4 is 0 Å². The summed E-state index contributed by atoms with van der Waals surface area (Å²) in [5, 5.41) is 7.80. The van der Waals surface area contributed by atoms with E-state index in [0.29, 0.717) is 0 Å². The molecule has 0 saturated heterocycles. The lowest BCUT2D eigenvalue weighted by Gasteiger charge is -2.13. The van der Waals surface area contributed by atoms with Gasteiger partial charge in [-0.15, -0.1) is 0 Å². The summed E-state index contributed by atoms with van der Waals surface area (Å²) in [5.74, 6) is 0. The predicted molar refractivity (Wildman–Crippen MR) is 166 cm³/mol. The number of hydrogen-bond acceptors (Lipinski definition) is 0. The van der Waals surface area contributed by atoms with E-state index >= 15 is 0 Å². The Morgan fingerprint density at radius 1 is 0.385 bits per heavy atom. The number of para-hydroxylation sites is 1. The third-order valence-electron chi connectivity index (χ3n) is 8.50. The van der Waals surface area contributed by atoms with Gasteiger partial charge in [0.25, 0.3) is 0 Å². The van der Waals surface area contributed by atoms with Crippen LogP contribution in [0.2, 0.25) is 0 Å².